The highest BCUT2D eigenvalue weighted by atomic mass is 16.3. The quantitative estimate of drug-likeness (QED) is 0.741. The van der Waals surface area contributed by atoms with E-state index in [0.717, 1.165) is 24.2 Å². The molecule has 3 nitrogen and oxygen atoms in total. The summed E-state index contributed by atoms with van der Waals surface area (Å²) in [6, 6.07) is 4.24. The minimum Gasteiger partial charge on any atom is -0.395 e. The van der Waals surface area contributed by atoms with E-state index in [1.807, 2.05) is 19.2 Å². The standard InChI is InChI=1S/C11H18N2O/c1-3-11(8-14)13-7-10-5-4-9(2)12-6-10/h4-6,11,13-14H,3,7-8H2,1-2H3. The van der Waals surface area contributed by atoms with Gasteiger partial charge in [0.2, 0.25) is 0 Å². The summed E-state index contributed by atoms with van der Waals surface area (Å²) in [7, 11) is 0. The van der Waals surface area contributed by atoms with E-state index in [1.54, 1.807) is 0 Å². The maximum atomic E-state index is 8.97. The zero-order valence-corrected chi connectivity index (χ0v) is 8.83. The summed E-state index contributed by atoms with van der Waals surface area (Å²) in [6.07, 6.45) is 2.81. The van der Waals surface area contributed by atoms with Crippen LogP contribution in [0.15, 0.2) is 18.3 Å². The lowest BCUT2D eigenvalue weighted by atomic mass is 10.2. The van der Waals surface area contributed by atoms with Gasteiger partial charge in [0.25, 0.3) is 0 Å². The Balaban J connectivity index is 2.41. The van der Waals surface area contributed by atoms with Crippen LogP contribution in [-0.4, -0.2) is 22.7 Å². The maximum absolute atomic E-state index is 8.97. The average Bonchev–Trinajstić information content (AvgIpc) is 2.22. The average molecular weight is 194 g/mol. The summed E-state index contributed by atoms with van der Waals surface area (Å²) >= 11 is 0. The van der Waals surface area contributed by atoms with Crippen LogP contribution in [0.25, 0.3) is 0 Å². The smallest absolute Gasteiger partial charge is 0.0584 e. The number of rotatable bonds is 5. The monoisotopic (exact) mass is 194 g/mol. The van der Waals surface area contributed by atoms with Crippen LogP contribution in [-0.2, 0) is 6.54 Å². The van der Waals surface area contributed by atoms with Crippen LogP contribution in [0.5, 0.6) is 0 Å². The second kappa shape index (κ2) is 5.73. The third kappa shape index (κ3) is 3.44. The summed E-state index contributed by atoms with van der Waals surface area (Å²) in [4.78, 5) is 4.21. The van der Waals surface area contributed by atoms with E-state index in [4.69, 9.17) is 5.11 Å². The number of pyridine rings is 1. The van der Waals surface area contributed by atoms with E-state index in [9.17, 15) is 0 Å². The first-order valence-corrected chi connectivity index (χ1v) is 5.02. The number of hydrogen-bond donors (Lipinski definition) is 2. The van der Waals surface area contributed by atoms with Gasteiger partial charge in [0.15, 0.2) is 0 Å². The first kappa shape index (κ1) is 11.1. The Morgan fingerprint density at radius 2 is 2.29 bits per heavy atom. The highest BCUT2D eigenvalue weighted by molar-refractivity contribution is 5.12. The van der Waals surface area contributed by atoms with Crippen molar-refractivity contribution in [2.75, 3.05) is 6.61 Å². The number of aryl methyl sites for hydroxylation is 1. The Labute approximate surface area is 85.2 Å². The largest absolute Gasteiger partial charge is 0.395 e. The van der Waals surface area contributed by atoms with Crippen LogP contribution in [0, 0.1) is 6.92 Å². The van der Waals surface area contributed by atoms with E-state index < -0.39 is 0 Å². The van der Waals surface area contributed by atoms with Crippen molar-refractivity contribution in [3.8, 4) is 0 Å². The van der Waals surface area contributed by atoms with Gasteiger partial charge < -0.3 is 10.4 Å². The highest BCUT2D eigenvalue weighted by Crippen LogP contribution is 2.00. The lowest BCUT2D eigenvalue weighted by Crippen LogP contribution is -2.31. The first-order valence-electron chi connectivity index (χ1n) is 5.02. The molecule has 1 aromatic rings. The number of aliphatic hydroxyl groups excluding tert-OH is 1. The van der Waals surface area contributed by atoms with Crippen molar-refractivity contribution in [3.63, 3.8) is 0 Å². The Bertz CT molecular complexity index is 254. The fourth-order valence-electron chi connectivity index (χ4n) is 1.20. The molecule has 0 aliphatic heterocycles. The Kier molecular flexibility index (Phi) is 4.56. The van der Waals surface area contributed by atoms with Crippen molar-refractivity contribution in [2.24, 2.45) is 0 Å². The molecule has 0 aliphatic carbocycles. The third-order valence-corrected chi connectivity index (χ3v) is 2.28. The number of nitrogens with one attached hydrogen (secondary N) is 1. The lowest BCUT2D eigenvalue weighted by Gasteiger charge is -2.13. The highest BCUT2D eigenvalue weighted by Gasteiger charge is 2.02. The van der Waals surface area contributed by atoms with E-state index in [-0.39, 0.29) is 12.6 Å². The third-order valence-electron chi connectivity index (χ3n) is 2.28. The molecule has 3 heteroatoms. The summed E-state index contributed by atoms with van der Waals surface area (Å²) in [5.74, 6) is 0. The minimum absolute atomic E-state index is 0.190. The van der Waals surface area contributed by atoms with Gasteiger partial charge in [0.1, 0.15) is 0 Å². The molecule has 14 heavy (non-hydrogen) atoms. The molecule has 0 radical (unpaired) electrons. The van der Waals surface area contributed by atoms with E-state index in [1.165, 1.54) is 0 Å². The molecule has 1 aromatic heterocycles. The lowest BCUT2D eigenvalue weighted by molar-refractivity contribution is 0.238. The van der Waals surface area contributed by atoms with Crippen molar-refractivity contribution in [1.29, 1.82) is 0 Å². The van der Waals surface area contributed by atoms with Crippen molar-refractivity contribution in [2.45, 2.75) is 32.9 Å². The van der Waals surface area contributed by atoms with Gasteiger partial charge in [-0.05, 0) is 25.0 Å². The van der Waals surface area contributed by atoms with Crippen LogP contribution in [0.3, 0.4) is 0 Å². The molecule has 1 rings (SSSR count). The van der Waals surface area contributed by atoms with Gasteiger partial charge >= 0.3 is 0 Å². The SMILES string of the molecule is CCC(CO)NCc1ccc(C)nc1. The second-order valence-corrected chi connectivity index (χ2v) is 3.48. The fraction of sp³-hybridized carbons (Fsp3) is 0.545. The van der Waals surface area contributed by atoms with Gasteiger partial charge in [-0.25, -0.2) is 0 Å². The predicted octanol–water partition coefficient (Wildman–Crippen LogP) is 1.25. The number of hydrogen-bond acceptors (Lipinski definition) is 3. The molecule has 0 bridgehead atoms. The zero-order chi connectivity index (χ0) is 10.4. The topological polar surface area (TPSA) is 45.1 Å². The molecular weight excluding hydrogens is 176 g/mol. The van der Waals surface area contributed by atoms with E-state index in [0.29, 0.717) is 0 Å². The molecule has 78 valence electrons. The van der Waals surface area contributed by atoms with Gasteiger partial charge in [0, 0.05) is 24.5 Å². The zero-order valence-electron chi connectivity index (χ0n) is 8.83. The molecule has 1 atom stereocenters. The Morgan fingerprint density at radius 3 is 2.79 bits per heavy atom. The minimum atomic E-state index is 0.190. The summed E-state index contributed by atoms with van der Waals surface area (Å²) in [5, 5.41) is 12.2. The Hall–Kier alpha value is -0.930. The van der Waals surface area contributed by atoms with Gasteiger partial charge in [-0.15, -0.1) is 0 Å². The molecule has 0 aliphatic rings. The molecule has 0 saturated heterocycles. The molecule has 2 N–H and O–H groups in total. The molecule has 1 unspecified atom stereocenters. The number of aromatic nitrogens is 1. The molecular formula is C11H18N2O. The van der Waals surface area contributed by atoms with E-state index >= 15 is 0 Å². The molecule has 0 spiro atoms. The van der Waals surface area contributed by atoms with Gasteiger partial charge in [0.05, 0.1) is 6.61 Å². The predicted molar refractivity (Wildman–Crippen MR) is 57.0 cm³/mol. The molecule has 1 heterocycles. The Morgan fingerprint density at radius 1 is 1.50 bits per heavy atom. The van der Waals surface area contributed by atoms with Crippen LogP contribution in [0.2, 0.25) is 0 Å². The van der Waals surface area contributed by atoms with Gasteiger partial charge in [-0.2, -0.15) is 0 Å². The van der Waals surface area contributed by atoms with Crippen LogP contribution < -0.4 is 5.32 Å². The molecule has 0 saturated carbocycles. The van der Waals surface area contributed by atoms with Crippen LogP contribution in [0.4, 0.5) is 0 Å². The summed E-state index contributed by atoms with van der Waals surface area (Å²) < 4.78 is 0. The number of nitrogens with zero attached hydrogens (tertiary/aromatic N) is 1. The molecule has 0 fully saturated rings. The maximum Gasteiger partial charge on any atom is 0.0584 e. The summed E-state index contributed by atoms with van der Waals surface area (Å²) in [6.45, 7) is 4.99. The van der Waals surface area contributed by atoms with Crippen molar-refractivity contribution < 1.29 is 5.11 Å². The molecule has 0 amide bonds. The summed E-state index contributed by atoms with van der Waals surface area (Å²) in [5.41, 5.74) is 2.19. The first-order chi connectivity index (χ1) is 6.76. The van der Waals surface area contributed by atoms with Crippen LogP contribution >= 0.6 is 0 Å². The number of aliphatic hydroxyl groups is 1. The van der Waals surface area contributed by atoms with Gasteiger partial charge in [-0.1, -0.05) is 13.0 Å². The normalized spacial score (nSPS) is 12.8. The van der Waals surface area contributed by atoms with Gasteiger partial charge in [-0.3, -0.25) is 4.98 Å². The fourth-order valence-corrected chi connectivity index (χ4v) is 1.20. The molecule has 0 aromatic carbocycles. The second-order valence-electron chi connectivity index (χ2n) is 3.48. The van der Waals surface area contributed by atoms with Crippen molar-refractivity contribution in [3.05, 3.63) is 29.6 Å². The van der Waals surface area contributed by atoms with E-state index in [2.05, 4.69) is 23.3 Å². The van der Waals surface area contributed by atoms with Crippen LogP contribution in [0.1, 0.15) is 24.6 Å². The van der Waals surface area contributed by atoms with Crippen molar-refractivity contribution >= 4 is 0 Å². The van der Waals surface area contributed by atoms with Crippen molar-refractivity contribution in [1.82, 2.24) is 10.3 Å².